The maximum absolute atomic E-state index is 15.3. The molecule has 1 aliphatic heterocycles. The number of thiazole rings is 1. The lowest BCUT2D eigenvalue weighted by molar-refractivity contribution is -0.136. The molecule has 7 rings (SSSR count). The van der Waals surface area contributed by atoms with Gasteiger partial charge in [-0.05, 0) is 66.8 Å². The lowest BCUT2D eigenvalue weighted by Gasteiger charge is -2.21. The smallest absolute Gasteiger partial charge is 0.334 e. The lowest BCUT2D eigenvalue weighted by Crippen LogP contribution is -2.28. The molecule has 0 radical (unpaired) electrons. The molecule has 12 heteroatoms. The number of carbonyl (C=O) groups is 1. The maximum Gasteiger partial charge on any atom is 0.417 e. The SMILES string of the molecule is CCC1CCC[C@@H](c2ccc(-c3cc(C(F)(F)F)c4cn(C(C(=O)Nc5nccs5)c5ncn6c5CCC6)nc4c3C)cc2)[C@H](F)C1. The number of imidazole rings is 1. The number of carbonyl (C=O) groups excluding carboxylic acids is 1. The molecule has 1 N–H and O–H groups in total. The van der Waals surface area contributed by atoms with Gasteiger partial charge in [0.25, 0.3) is 5.91 Å². The summed E-state index contributed by atoms with van der Waals surface area (Å²) in [5.74, 6) is -0.322. The second kappa shape index (κ2) is 12.5. The van der Waals surface area contributed by atoms with Gasteiger partial charge in [0, 0.05) is 41.3 Å². The molecule has 2 aliphatic rings. The Labute approximate surface area is 274 Å². The molecule has 0 saturated heterocycles. The molecule has 1 aliphatic carbocycles. The van der Waals surface area contributed by atoms with E-state index < -0.39 is 29.9 Å². The summed E-state index contributed by atoms with van der Waals surface area (Å²) in [7, 11) is 0. The number of hydrogen-bond acceptors (Lipinski definition) is 5. The molecule has 2 aromatic carbocycles. The Morgan fingerprint density at radius 2 is 1.96 bits per heavy atom. The van der Waals surface area contributed by atoms with Crippen LogP contribution in [0, 0.1) is 12.8 Å². The summed E-state index contributed by atoms with van der Waals surface area (Å²) in [6.07, 6.45) is 4.76. The van der Waals surface area contributed by atoms with E-state index in [2.05, 4.69) is 27.3 Å². The maximum atomic E-state index is 15.3. The van der Waals surface area contributed by atoms with Crippen molar-refractivity contribution >= 4 is 33.3 Å². The standard InChI is InChI=1S/C35H36F4N6OS/c1-3-21-6-4-7-24(28(36)16-21)22-9-11-23(12-10-22)25-17-27(35(37,38)39)26-18-45(43-30(26)20(25)2)32(33(46)42-34-40-13-15-47-34)31-29-8-5-14-44(29)19-41-31/h9-13,15,17-19,21,24,28,32H,3-8,14,16H2,1-2H3,(H,40,42,46)/t21?,24-,28+,32?/m0/s1. The van der Waals surface area contributed by atoms with Crippen molar-refractivity contribution in [2.45, 2.75) is 89.6 Å². The Hall–Kier alpha value is -4.06. The third-order valence-electron chi connectivity index (χ3n) is 9.95. The molecule has 3 aromatic heterocycles. The summed E-state index contributed by atoms with van der Waals surface area (Å²) in [6, 6.07) is 7.33. The van der Waals surface area contributed by atoms with E-state index in [-0.39, 0.29) is 16.8 Å². The number of anilines is 1. The fraction of sp³-hybridized carbons (Fsp3) is 0.429. The summed E-state index contributed by atoms with van der Waals surface area (Å²) < 4.78 is 62.7. The third-order valence-corrected chi connectivity index (χ3v) is 10.6. The Kier molecular flexibility index (Phi) is 8.40. The van der Waals surface area contributed by atoms with Gasteiger partial charge in [-0.2, -0.15) is 18.3 Å². The van der Waals surface area contributed by atoms with Crippen LogP contribution in [0.4, 0.5) is 22.7 Å². The number of benzene rings is 2. The number of nitrogens with one attached hydrogen (secondary N) is 1. The van der Waals surface area contributed by atoms with Gasteiger partial charge in [-0.15, -0.1) is 11.3 Å². The Balaban J connectivity index is 1.30. The van der Waals surface area contributed by atoms with Gasteiger partial charge in [0.15, 0.2) is 11.2 Å². The fourth-order valence-electron chi connectivity index (χ4n) is 7.42. The molecule has 0 bridgehead atoms. The number of alkyl halides is 4. The number of amides is 1. The Morgan fingerprint density at radius 1 is 1.15 bits per heavy atom. The van der Waals surface area contributed by atoms with Crippen LogP contribution < -0.4 is 5.32 Å². The molecule has 5 aromatic rings. The van der Waals surface area contributed by atoms with Gasteiger partial charge in [-0.3, -0.25) is 14.8 Å². The van der Waals surface area contributed by atoms with E-state index in [4.69, 9.17) is 0 Å². The van der Waals surface area contributed by atoms with Crippen molar-refractivity contribution in [3.8, 4) is 11.1 Å². The first-order valence-corrected chi connectivity index (χ1v) is 17.1. The Bertz CT molecular complexity index is 1900. The molecule has 47 heavy (non-hydrogen) atoms. The van der Waals surface area contributed by atoms with Crippen LogP contribution in [-0.2, 0) is 23.9 Å². The van der Waals surface area contributed by atoms with Gasteiger partial charge in [-0.1, -0.05) is 50.5 Å². The second-order valence-electron chi connectivity index (χ2n) is 12.8. The highest BCUT2D eigenvalue weighted by molar-refractivity contribution is 7.13. The van der Waals surface area contributed by atoms with E-state index in [1.54, 1.807) is 37.0 Å². The number of fused-ring (bicyclic) bond motifs is 2. The number of aryl methyl sites for hydroxylation is 2. The molecular weight excluding hydrogens is 628 g/mol. The van der Waals surface area contributed by atoms with Crippen molar-refractivity contribution in [2.24, 2.45) is 5.92 Å². The molecule has 2 unspecified atom stereocenters. The highest BCUT2D eigenvalue weighted by Gasteiger charge is 2.37. The van der Waals surface area contributed by atoms with Crippen LogP contribution in [0.15, 0.2) is 54.4 Å². The Morgan fingerprint density at radius 3 is 2.68 bits per heavy atom. The zero-order chi connectivity index (χ0) is 32.9. The van der Waals surface area contributed by atoms with Crippen LogP contribution in [-0.4, -0.2) is 36.4 Å². The minimum absolute atomic E-state index is 0.0949. The predicted molar refractivity (Wildman–Crippen MR) is 174 cm³/mol. The van der Waals surface area contributed by atoms with Crippen molar-refractivity contribution < 1.29 is 22.4 Å². The first-order chi connectivity index (χ1) is 22.6. The van der Waals surface area contributed by atoms with E-state index in [0.29, 0.717) is 46.3 Å². The van der Waals surface area contributed by atoms with Crippen LogP contribution in [0.1, 0.15) is 85.5 Å². The number of aromatic nitrogens is 5. The van der Waals surface area contributed by atoms with Gasteiger partial charge in [0.1, 0.15) is 6.17 Å². The summed E-state index contributed by atoms with van der Waals surface area (Å²) in [5.41, 5.74) is 3.05. The lowest BCUT2D eigenvalue weighted by atomic mass is 9.87. The van der Waals surface area contributed by atoms with E-state index in [9.17, 15) is 18.0 Å². The van der Waals surface area contributed by atoms with E-state index in [0.717, 1.165) is 56.0 Å². The summed E-state index contributed by atoms with van der Waals surface area (Å²) in [5, 5.41) is 9.47. The fourth-order valence-corrected chi connectivity index (χ4v) is 7.95. The van der Waals surface area contributed by atoms with Gasteiger partial charge < -0.3 is 4.57 Å². The molecule has 246 valence electrons. The van der Waals surface area contributed by atoms with Crippen LogP contribution in [0.3, 0.4) is 0 Å². The van der Waals surface area contributed by atoms with Gasteiger partial charge >= 0.3 is 6.18 Å². The van der Waals surface area contributed by atoms with Crippen molar-refractivity contribution in [3.63, 3.8) is 0 Å². The highest BCUT2D eigenvalue weighted by atomic mass is 32.1. The van der Waals surface area contributed by atoms with Crippen molar-refractivity contribution in [1.82, 2.24) is 24.3 Å². The van der Waals surface area contributed by atoms with Crippen LogP contribution >= 0.6 is 11.3 Å². The average Bonchev–Trinajstić information content (AvgIpc) is 3.84. The first kappa shape index (κ1) is 31.5. The highest BCUT2D eigenvalue weighted by Crippen LogP contribution is 2.42. The molecule has 4 atom stereocenters. The summed E-state index contributed by atoms with van der Waals surface area (Å²) >= 11 is 1.24. The number of halogens is 4. The van der Waals surface area contributed by atoms with Crippen molar-refractivity contribution in [2.75, 3.05) is 5.32 Å². The molecule has 1 fully saturated rings. The molecule has 1 amide bonds. The molecule has 4 heterocycles. The number of rotatable bonds is 7. The molecule has 7 nitrogen and oxygen atoms in total. The van der Waals surface area contributed by atoms with Crippen LogP contribution in [0.2, 0.25) is 0 Å². The van der Waals surface area contributed by atoms with Crippen molar-refractivity contribution in [1.29, 1.82) is 0 Å². The topological polar surface area (TPSA) is 77.6 Å². The van der Waals surface area contributed by atoms with Gasteiger partial charge in [0.2, 0.25) is 0 Å². The second-order valence-corrected chi connectivity index (χ2v) is 13.6. The number of nitrogens with zero attached hydrogens (tertiary/aromatic N) is 5. The van der Waals surface area contributed by atoms with E-state index in [1.807, 2.05) is 16.7 Å². The first-order valence-electron chi connectivity index (χ1n) is 16.2. The molecule has 0 spiro atoms. The zero-order valence-corrected chi connectivity index (χ0v) is 27.0. The average molecular weight is 665 g/mol. The van der Waals surface area contributed by atoms with Gasteiger partial charge in [-0.25, -0.2) is 14.4 Å². The summed E-state index contributed by atoms with van der Waals surface area (Å²) in [6.45, 7) is 4.61. The normalized spacial score (nSPS) is 20.7. The molecule has 1 saturated carbocycles. The predicted octanol–water partition coefficient (Wildman–Crippen LogP) is 8.88. The van der Waals surface area contributed by atoms with E-state index >= 15 is 4.39 Å². The summed E-state index contributed by atoms with van der Waals surface area (Å²) in [4.78, 5) is 22.5. The van der Waals surface area contributed by atoms with E-state index in [1.165, 1.54) is 22.2 Å². The quantitative estimate of drug-likeness (QED) is 0.139. The molecular formula is C35H36F4N6OS. The zero-order valence-electron chi connectivity index (χ0n) is 26.2. The minimum Gasteiger partial charge on any atom is -0.334 e. The monoisotopic (exact) mass is 664 g/mol. The van der Waals surface area contributed by atoms with Gasteiger partial charge in [0.05, 0.1) is 23.1 Å². The minimum atomic E-state index is -4.68. The largest absolute Gasteiger partial charge is 0.417 e. The van der Waals surface area contributed by atoms with Crippen LogP contribution in [0.5, 0.6) is 0 Å². The van der Waals surface area contributed by atoms with Crippen molar-refractivity contribution in [3.05, 3.63) is 82.5 Å². The third kappa shape index (κ3) is 5.96. The number of hydrogen-bond donors (Lipinski definition) is 1. The van der Waals surface area contributed by atoms with Crippen LogP contribution in [0.25, 0.3) is 22.0 Å².